The first-order valence-electron chi connectivity index (χ1n) is 4.62. The van der Waals surface area contributed by atoms with Gasteiger partial charge in [0.25, 0.3) is 0 Å². The van der Waals surface area contributed by atoms with E-state index in [1.807, 2.05) is 0 Å². The summed E-state index contributed by atoms with van der Waals surface area (Å²) < 4.78 is 2.21. The highest BCUT2D eigenvalue weighted by atomic mass is 15.0. The summed E-state index contributed by atoms with van der Waals surface area (Å²) in [6.45, 7) is 8.81. The molecule has 1 heterocycles. The topological polar surface area (TPSA) is 3.88 Å². The van der Waals surface area contributed by atoms with Crippen molar-refractivity contribution in [2.75, 3.05) is 0 Å². The maximum Gasteiger partial charge on any atom is 0.169 e. The van der Waals surface area contributed by atoms with Crippen LogP contribution in [0.1, 0.15) is 45.2 Å². The highest BCUT2D eigenvalue weighted by Gasteiger charge is 2.05. The third-order valence-electron chi connectivity index (χ3n) is 2.14. The number of hydrogen-bond acceptors (Lipinski definition) is 0. The van der Waals surface area contributed by atoms with Crippen molar-refractivity contribution >= 4 is 0 Å². The number of rotatable bonds is 2. The Morgan fingerprint density at radius 3 is 1.83 bits per heavy atom. The van der Waals surface area contributed by atoms with Crippen molar-refractivity contribution < 1.29 is 4.57 Å². The molecule has 1 heteroatoms. The van der Waals surface area contributed by atoms with Gasteiger partial charge in [0.1, 0.15) is 0 Å². The molecule has 0 aliphatic heterocycles. The minimum atomic E-state index is 0.561. The smallest absolute Gasteiger partial charge is 0.169 e. The summed E-state index contributed by atoms with van der Waals surface area (Å²) in [5.74, 6) is 0.631. The Bertz CT molecular complexity index is 207. The van der Waals surface area contributed by atoms with Crippen LogP contribution in [0.2, 0.25) is 0 Å². The zero-order chi connectivity index (χ0) is 9.14. The summed E-state index contributed by atoms with van der Waals surface area (Å²) in [6, 6.07) is 4.96. The lowest BCUT2D eigenvalue weighted by molar-refractivity contribution is -0.716. The summed E-state index contributed by atoms with van der Waals surface area (Å²) in [5, 5.41) is 0. The van der Waals surface area contributed by atoms with Crippen LogP contribution >= 0.6 is 0 Å². The van der Waals surface area contributed by atoms with Gasteiger partial charge in [-0.3, -0.25) is 0 Å². The molecule has 0 aliphatic carbocycles. The number of nitrogens with zero attached hydrogens (tertiary/aromatic N) is 1. The van der Waals surface area contributed by atoms with Crippen molar-refractivity contribution in [1.82, 2.24) is 0 Å². The molecule has 1 nitrogen and oxygen atoms in total. The SMILES string of the molecule is CC(C)c1cc[n+](C(C)C)cc1. The molecule has 1 rings (SSSR count). The van der Waals surface area contributed by atoms with Crippen molar-refractivity contribution in [2.45, 2.75) is 39.7 Å². The van der Waals surface area contributed by atoms with E-state index in [9.17, 15) is 0 Å². The molecule has 0 radical (unpaired) electrons. The van der Waals surface area contributed by atoms with E-state index < -0.39 is 0 Å². The molecule has 12 heavy (non-hydrogen) atoms. The first kappa shape index (κ1) is 9.24. The minimum Gasteiger partial charge on any atom is -0.203 e. The third kappa shape index (κ3) is 2.07. The highest BCUT2D eigenvalue weighted by molar-refractivity contribution is 5.11. The molecule has 0 unspecified atom stereocenters. The second-order valence-electron chi connectivity index (χ2n) is 3.83. The fourth-order valence-electron chi connectivity index (χ4n) is 1.18. The fourth-order valence-corrected chi connectivity index (χ4v) is 1.18. The van der Waals surface area contributed by atoms with E-state index in [0.29, 0.717) is 12.0 Å². The van der Waals surface area contributed by atoms with Gasteiger partial charge in [-0.05, 0) is 25.3 Å². The minimum absolute atomic E-state index is 0.561. The number of pyridine rings is 1. The van der Waals surface area contributed by atoms with Crippen LogP contribution in [0.4, 0.5) is 0 Å². The Labute approximate surface area is 75.1 Å². The first-order valence-corrected chi connectivity index (χ1v) is 4.62. The molecule has 1 aromatic rings. The maximum absolute atomic E-state index is 2.22. The normalized spacial score (nSPS) is 11.2. The predicted molar refractivity (Wildman–Crippen MR) is 51.1 cm³/mol. The largest absolute Gasteiger partial charge is 0.203 e. The molecule has 0 atom stereocenters. The second kappa shape index (κ2) is 3.70. The lowest BCUT2D eigenvalue weighted by atomic mass is 10.1. The molecule has 0 amide bonds. The van der Waals surface area contributed by atoms with Crippen LogP contribution in [0.5, 0.6) is 0 Å². The average Bonchev–Trinajstić information content (AvgIpc) is 2.04. The Morgan fingerprint density at radius 2 is 1.50 bits per heavy atom. The molecule has 66 valence electrons. The molecule has 0 N–H and O–H groups in total. The van der Waals surface area contributed by atoms with E-state index >= 15 is 0 Å². The lowest BCUT2D eigenvalue weighted by Gasteiger charge is -2.04. The van der Waals surface area contributed by atoms with Crippen LogP contribution in [-0.2, 0) is 0 Å². The number of aromatic nitrogens is 1. The lowest BCUT2D eigenvalue weighted by Crippen LogP contribution is -2.34. The third-order valence-corrected chi connectivity index (χ3v) is 2.14. The molecule has 0 aromatic carbocycles. The van der Waals surface area contributed by atoms with Crippen LogP contribution in [-0.4, -0.2) is 0 Å². The zero-order valence-corrected chi connectivity index (χ0v) is 8.41. The van der Waals surface area contributed by atoms with E-state index in [4.69, 9.17) is 0 Å². The summed E-state index contributed by atoms with van der Waals surface area (Å²) in [6.07, 6.45) is 4.31. The first-order chi connectivity index (χ1) is 5.61. The number of hydrogen-bond donors (Lipinski definition) is 0. The van der Waals surface area contributed by atoms with Crippen LogP contribution in [0.15, 0.2) is 24.5 Å². The van der Waals surface area contributed by atoms with E-state index in [0.717, 1.165) is 0 Å². The quantitative estimate of drug-likeness (QED) is 0.592. The molecular formula is C11H18N+. The second-order valence-corrected chi connectivity index (χ2v) is 3.83. The molecule has 0 spiro atoms. The monoisotopic (exact) mass is 164 g/mol. The van der Waals surface area contributed by atoms with Gasteiger partial charge in [0.15, 0.2) is 18.4 Å². The van der Waals surface area contributed by atoms with Crippen molar-refractivity contribution in [1.29, 1.82) is 0 Å². The van der Waals surface area contributed by atoms with Gasteiger partial charge in [-0.1, -0.05) is 13.8 Å². The zero-order valence-electron chi connectivity index (χ0n) is 8.41. The van der Waals surface area contributed by atoms with Gasteiger partial charge >= 0.3 is 0 Å². The Kier molecular flexibility index (Phi) is 2.85. The van der Waals surface area contributed by atoms with Crippen molar-refractivity contribution in [3.05, 3.63) is 30.1 Å². The van der Waals surface area contributed by atoms with Crippen LogP contribution < -0.4 is 4.57 Å². The summed E-state index contributed by atoms with van der Waals surface area (Å²) >= 11 is 0. The standard InChI is InChI=1S/C11H18N/c1-9(2)11-5-7-12(8-6-11)10(3)4/h5-10H,1-4H3/q+1. The molecule has 1 aromatic heterocycles. The van der Waals surface area contributed by atoms with Crippen LogP contribution in [0.3, 0.4) is 0 Å². The van der Waals surface area contributed by atoms with Crippen LogP contribution in [0, 0.1) is 0 Å². The van der Waals surface area contributed by atoms with E-state index in [2.05, 4.69) is 56.8 Å². The summed E-state index contributed by atoms with van der Waals surface area (Å²) in [4.78, 5) is 0. The Morgan fingerprint density at radius 1 is 1.00 bits per heavy atom. The fraction of sp³-hybridized carbons (Fsp3) is 0.545. The predicted octanol–water partition coefficient (Wildman–Crippen LogP) is 2.68. The average molecular weight is 164 g/mol. The highest BCUT2D eigenvalue weighted by Crippen LogP contribution is 2.11. The Hall–Kier alpha value is -0.850. The molecular weight excluding hydrogens is 146 g/mol. The van der Waals surface area contributed by atoms with Crippen molar-refractivity contribution in [3.8, 4) is 0 Å². The van der Waals surface area contributed by atoms with Gasteiger partial charge in [0.2, 0.25) is 0 Å². The van der Waals surface area contributed by atoms with E-state index in [1.54, 1.807) is 0 Å². The Balaban J connectivity index is 2.86. The van der Waals surface area contributed by atoms with Gasteiger partial charge < -0.3 is 0 Å². The van der Waals surface area contributed by atoms with Gasteiger partial charge in [0, 0.05) is 12.1 Å². The molecule has 0 fully saturated rings. The van der Waals surface area contributed by atoms with E-state index in [-0.39, 0.29) is 0 Å². The summed E-state index contributed by atoms with van der Waals surface area (Å²) in [5.41, 5.74) is 1.41. The van der Waals surface area contributed by atoms with Crippen molar-refractivity contribution in [2.24, 2.45) is 0 Å². The molecule has 0 saturated heterocycles. The summed E-state index contributed by atoms with van der Waals surface area (Å²) in [7, 11) is 0. The van der Waals surface area contributed by atoms with Crippen molar-refractivity contribution in [3.63, 3.8) is 0 Å². The maximum atomic E-state index is 2.22. The molecule has 0 bridgehead atoms. The van der Waals surface area contributed by atoms with Crippen LogP contribution in [0.25, 0.3) is 0 Å². The molecule has 0 saturated carbocycles. The van der Waals surface area contributed by atoms with Gasteiger partial charge in [-0.2, -0.15) is 0 Å². The van der Waals surface area contributed by atoms with Gasteiger partial charge in [-0.15, -0.1) is 0 Å². The van der Waals surface area contributed by atoms with Gasteiger partial charge in [0.05, 0.1) is 0 Å². The molecule has 0 aliphatic rings. The van der Waals surface area contributed by atoms with E-state index in [1.165, 1.54) is 5.56 Å². The van der Waals surface area contributed by atoms with Gasteiger partial charge in [-0.25, -0.2) is 4.57 Å².